The predicted molar refractivity (Wildman–Crippen MR) is 150 cm³/mol. The summed E-state index contributed by atoms with van der Waals surface area (Å²) in [5.41, 5.74) is 4.62. The second kappa shape index (κ2) is 11.5. The van der Waals surface area contributed by atoms with Crippen molar-refractivity contribution >= 4 is 28.1 Å². The summed E-state index contributed by atoms with van der Waals surface area (Å²) in [6, 6.07) is 31.9. The molecule has 190 valence electrons. The summed E-state index contributed by atoms with van der Waals surface area (Å²) in [5.74, 6) is 0.716. The molecule has 0 aromatic heterocycles. The molecule has 5 nitrogen and oxygen atoms in total. The Bertz CT molecular complexity index is 1360. The first kappa shape index (κ1) is 24.8. The van der Waals surface area contributed by atoms with Crippen molar-refractivity contribution in [1.29, 1.82) is 0 Å². The van der Waals surface area contributed by atoms with Crippen LogP contribution in [0, 0.1) is 0 Å². The molecule has 0 spiro atoms. The fourth-order valence-electron chi connectivity index (χ4n) is 5.12. The number of carbonyl (C=O) groups excluding carboxylic acids is 1. The number of rotatable bonds is 9. The van der Waals surface area contributed by atoms with Gasteiger partial charge >= 0.3 is 5.97 Å². The van der Waals surface area contributed by atoms with Gasteiger partial charge < -0.3 is 19.7 Å². The molecule has 1 aliphatic heterocycles. The lowest BCUT2D eigenvalue weighted by Crippen LogP contribution is -2.39. The smallest absolute Gasteiger partial charge is 0.305 e. The Kier molecular flexibility index (Phi) is 7.71. The van der Waals surface area contributed by atoms with Gasteiger partial charge in [-0.05, 0) is 72.5 Å². The average Bonchev–Trinajstić information content (AvgIpc) is 2.95. The van der Waals surface area contributed by atoms with Crippen LogP contribution in [-0.2, 0) is 16.0 Å². The summed E-state index contributed by atoms with van der Waals surface area (Å²) < 4.78 is 11.2. The lowest BCUT2D eigenvalue weighted by atomic mass is 9.99. The highest BCUT2D eigenvalue weighted by Gasteiger charge is 2.26. The summed E-state index contributed by atoms with van der Waals surface area (Å²) in [6.07, 6.45) is 1.98. The number of para-hydroxylation sites is 2. The quantitative estimate of drug-likeness (QED) is 0.266. The van der Waals surface area contributed by atoms with Crippen molar-refractivity contribution in [3.05, 3.63) is 102 Å². The molecule has 5 heteroatoms. The fourth-order valence-corrected chi connectivity index (χ4v) is 5.12. The van der Waals surface area contributed by atoms with Crippen LogP contribution in [-0.4, -0.2) is 32.3 Å². The molecule has 0 saturated heterocycles. The number of carbonyl (C=O) groups is 1. The number of hydrogen-bond acceptors (Lipinski definition) is 5. The summed E-state index contributed by atoms with van der Waals surface area (Å²) in [5, 5.41) is 6.28. The lowest BCUT2D eigenvalue weighted by Gasteiger charge is -2.36. The Morgan fingerprint density at radius 1 is 1.03 bits per heavy atom. The molecule has 37 heavy (non-hydrogen) atoms. The maximum Gasteiger partial charge on any atom is 0.305 e. The number of nitrogens with one attached hydrogen (secondary N) is 1. The molecule has 0 amide bonds. The molecule has 0 fully saturated rings. The molecule has 0 aliphatic carbocycles. The lowest BCUT2D eigenvalue weighted by molar-refractivity contribution is -0.140. The molecule has 1 N–H and O–H groups in total. The van der Waals surface area contributed by atoms with Crippen LogP contribution in [0.4, 0.5) is 11.4 Å². The first-order valence-electron chi connectivity index (χ1n) is 13.0. The van der Waals surface area contributed by atoms with Crippen LogP contribution in [0.1, 0.15) is 36.9 Å². The molecule has 1 heterocycles. The van der Waals surface area contributed by atoms with Crippen LogP contribution in [0.5, 0.6) is 5.75 Å². The van der Waals surface area contributed by atoms with Gasteiger partial charge in [0.1, 0.15) is 11.9 Å². The Morgan fingerprint density at radius 2 is 1.81 bits per heavy atom. The third-order valence-corrected chi connectivity index (χ3v) is 7.11. The number of nitrogens with zero attached hydrogens (tertiary/aromatic N) is 1. The van der Waals surface area contributed by atoms with Crippen molar-refractivity contribution in [3.8, 4) is 5.75 Å². The Hall–Kier alpha value is -3.83. The molecule has 2 unspecified atom stereocenters. The molecule has 4 aromatic rings. The van der Waals surface area contributed by atoms with Gasteiger partial charge in [-0.2, -0.15) is 0 Å². The van der Waals surface area contributed by atoms with Gasteiger partial charge in [-0.15, -0.1) is 0 Å². The summed E-state index contributed by atoms with van der Waals surface area (Å²) in [4.78, 5) is 14.0. The Labute approximate surface area is 219 Å². The molecule has 0 bridgehead atoms. The summed E-state index contributed by atoms with van der Waals surface area (Å²) in [6.45, 7) is 3.84. The van der Waals surface area contributed by atoms with E-state index >= 15 is 0 Å². The van der Waals surface area contributed by atoms with Gasteiger partial charge in [0, 0.05) is 18.2 Å². The number of hydrogen-bond donors (Lipinski definition) is 1. The van der Waals surface area contributed by atoms with Crippen molar-refractivity contribution in [3.63, 3.8) is 0 Å². The molecule has 2 atom stereocenters. The van der Waals surface area contributed by atoms with Crippen molar-refractivity contribution in [2.24, 2.45) is 0 Å². The third kappa shape index (κ3) is 5.78. The Balaban J connectivity index is 1.27. The van der Waals surface area contributed by atoms with Gasteiger partial charge in [-0.3, -0.25) is 4.79 Å². The molecular weight excluding hydrogens is 460 g/mol. The standard InChI is InChI=1S/C32H34N2O3/c1-23(28-14-8-11-25-10-3-4-13-29(25)28)33-20-19-27-22-34(30-15-5-6-16-31(30)37-27)26-12-7-9-24(21-26)17-18-32(35)36-2/h3-16,21,23,27,33H,17-20,22H2,1-2H3. The number of aryl methyl sites for hydroxylation is 1. The number of ether oxygens (including phenoxy) is 2. The van der Waals surface area contributed by atoms with Crippen LogP contribution in [0.2, 0.25) is 0 Å². The van der Waals surface area contributed by atoms with E-state index < -0.39 is 0 Å². The Morgan fingerprint density at radius 3 is 2.70 bits per heavy atom. The first-order chi connectivity index (χ1) is 18.1. The molecule has 0 saturated carbocycles. The zero-order valence-electron chi connectivity index (χ0n) is 21.5. The highest BCUT2D eigenvalue weighted by atomic mass is 16.5. The minimum absolute atomic E-state index is 0.0563. The van der Waals surface area contributed by atoms with Crippen LogP contribution in [0.25, 0.3) is 10.8 Å². The normalized spacial score (nSPS) is 15.6. The van der Waals surface area contributed by atoms with Crippen LogP contribution in [0.15, 0.2) is 91.0 Å². The van der Waals surface area contributed by atoms with E-state index in [4.69, 9.17) is 9.47 Å². The second-order valence-electron chi connectivity index (χ2n) is 9.60. The molecule has 1 aliphatic rings. The van der Waals surface area contributed by atoms with E-state index in [-0.39, 0.29) is 18.1 Å². The molecule has 4 aromatic carbocycles. The average molecular weight is 495 g/mol. The van der Waals surface area contributed by atoms with Gasteiger partial charge in [0.2, 0.25) is 0 Å². The minimum atomic E-state index is -0.188. The highest BCUT2D eigenvalue weighted by Crippen LogP contribution is 2.38. The van der Waals surface area contributed by atoms with Crippen molar-refractivity contribution in [1.82, 2.24) is 5.32 Å². The first-order valence-corrected chi connectivity index (χ1v) is 13.0. The van der Waals surface area contributed by atoms with Crippen LogP contribution < -0.4 is 15.0 Å². The number of esters is 1. The van der Waals surface area contributed by atoms with E-state index in [0.29, 0.717) is 12.8 Å². The molecule has 0 radical (unpaired) electrons. The van der Waals surface area contributed by atoms with Gasteiger partial charge in [0.05, 0.1) is 19.3 Å². The summed E-state index contributed by atoms with van der Waals surface area (Å²) >= 11 is 0. The van der Waals surface area contributed by atoms with Gasteiger partial charge in [-0.25, -0.2) is 0 Å². The monoisotopic (exact) mass is 494 g/mol. The largest absolute Gasteiger partial charge is 0.486 e. The highest BCUT2D eigenvalue weighted by molar-refractivity contribution is 5.86. The maximum atomic E-state index is 11.6. The number of anilines is 2. The van der Waals surface area contributed by atoms with Crippen LogP contribution >= 0.6 is 0 Å². The zero-order valence-corrected chi connectivity index (χ0v) is 21.5. The van der Waals surface area contributed by atoms with Crippen molar-refractivity contribution < 1.29 is 14.3 Å². The van der Waals surface area contributed by atoms with E-state index in [2.05, 4.69) is 89.9 Å². The topological polar surface area (TPSA) is 50.8 Å². The van der Waals surface area contributed by atoms with E-state index in [1.165, 1.54) is 23.4 Å². The van der Waals surface area contributed by atoms with E-state index in [1.54, 1.807) is 0 Å². The van der Waals surface area contributed by atoms with Crippen molar-refractivity contribution in [2.75, 3.05) is 25.1 Å². The zero-order chi connectivity index (χ0) is 25.6. The number of benzene rings is 4. The van der Waals surface area contributed by atoms with E-state index in [9.17, 15) is 4.79 Å². The predicted octanol–water partition coefficient (Wildman–Crippen LogP) is 6.59. The minimum Gasteiger partial charge on any atom is -0.486 e. The van der Waals surface area contributed by atoms with Crippen molar-refractivity contribution in [2.45, 2.75) is 38.3 Å². The third-order valence-electron chi connectivity index (χ3n) is 7.11. The second-order valence-corrected chi connectivity index (χ2v) is 9.60. The van der Waals surface area contributed by atoms with Gasteiger partial charge in [0.25, 0.3) is 0 Å². The van der Waals surface area contributed by atoms with E-state index in [0.717, 1.165) is 42.2 Å². The maximum absolute atomic E-state index is 11.6. The fraction of sp³-hybridized carbons (Fsp3) is 0.281. The van der Waals surface area contributed by atoms with Gasteiger partial charge in [-0.1, -0.05) is 66.7 Å². The molecular formula is C32H34N2O3. The van der Waals surface area contributed by atoms with Gasteiger partial charge in [0.15, 0.2) is 0 Å². The van der Waals surface area contributed by atoms with E-state index in [1.807, 2.05) is 18.2 Å². The summed E-state index contributed by atoms with van der Waals surface area (Å²) in [7, 11) is 1.43. The SMILES string of the molecule is COC(=O)CCc1cccc(N2CC(CCNC(C)c3cccc4ccccc34)Oc3ccccc32)c1. The molecule has 5 rings (SSSR count). The number of fused-ring (bicyclic) bond motifs is 2. The van der Waals surface area contributed by atoms with Crippen LogP contribution in [0.3, 0.4) is 0 Å². The number of methoxy groups -OCH3 is 1.